The zero-order valence-corrected chi connectivity index (χ0v) is 22.7. The molecule has 5 fully saturated rings. The molecule has 0 aromatic carbocycles. The Morgan fingerprint density at radius 3 is 2.24 bits per heavy atom. The largest absolute Gasteiger partial charge is 0.393 e. The van der Waals surface area contributed by atoms with Crippen molar-refractivity contribution in [3.8, 4) is 0 Å². The van der Waals surface area contributed by atoms with Crippen LogP contribution < -0.4 is 5.73 Å². The van der Waals surface area contributed by atoms with E-state index in [0.29, 0.717) is 33.5 Å². The van der Waals surface area contributed by atoms with E-state index < -0.39 is 0 Å². The molecule has 10 atom stereocenters. The van der Waals surface area contributed by atoms with Crippen molar-refractivity contribution in [3.63, 3.8) is 0 Å². The van der Waals surface area contributed by atoms with E-state index in [1.54, 1.807) is 0 Å². The third kappa shape index (κ3) is 2.98. The van der Waals surface area contributed by atoms with Crippen molar-refractivity contribution in [2.75, 3.05) is 6.54 Å². The summed E-state index contributed by atoms with van der Waals surface area (Å²) >= 11 is 0. The zero-order valence-electron chi connectivity index (χ0n) is 22.7. The number of allylic oxidation sites excluding steroid dienone is 1. The predicted molar refractivity (Wildman–Crippen MR) is 139 cm³/mol. The maximum Gasteiger partial charge on any atom is 0.0594 e. The highest BCUT2D eigenvalue weighted by molar-refractivity contribution is 5.21. The molecule has 2 nitrogen and oxygen atoms in total. The van der Waals surface area contributed by atoms with Crippen LogP contribution in [0.2, 0.25) is 0 Å². The predicted octanol–water partition coefficient (Wildman–Crippen LogP) is 7.35. The van der Waals surface area contributed by atoms with Crippen molar-refractivity contribution in [3.05, 3.63) is 12.2 Å². The standard InChI is InChI=1S/C31H53NO/c1-20(2)21-10-15-31(18-19-32)17-16-29(6)22(26(21)31)8-9-24-28(5)13-12-25(33)27(3,4)23(28)11-14-30(24,29)7/h21-26,33H,1,8-19,32H2,2-7H3/t21?,22?,23?,24?,25-,26?,28-,29+,30+,31+/m0/s1. The second-order valence-electron chi connectivity index (χ2n) is 15.0. The summed E-state index contributed by atoms with van der Waals surface area (Å²) in [6.07, 6.45) is 14.3. The van der Waals surface area contributed by atoms with E-state index in [0.717, 1.165) is 30.7 Å². The van der Waals surface area contributed by atoms with Gasteiger partial charge in [-0.15, -0.1) is 0 Å². The van der Waals surface area contributed by atoms with Gasteiger partial charge in [-0.1, -0.05) is 46.8 Å². The summed E-state index contributed by atoms with van der Waals surface area (Å²) < 4.78 is 0. The van der Waals surface area contributed by atoms with Gasteiger partial charge in [-0.25, -0.2) is 0 Å². The van der Waals surface area contributed by atoms with Gasteiger partial charge in [0.1, 0.15) is 0 Å². The molecule has 5 aliphatic rings. The number of hydrogen-bond acceptors (Lipinski definition) is 2. The summed E-state index contributed by atoms with van der Waals surface area (Å²) in [5, 5.41) is 10.9. The number of nitrogens with two attached hydrogens (primary N) is 1. The van der Waals surface area contributed by atoms with Crippen LogP contribution in [0.1, 0.15) is 112 Å². The van der Waals surface area contributed by atoms with Gasteiger partial charge in [-0.05, 0) is 141 Å². The summed E-state index contributed by atoms with van der Waals surface area (Å²) in [6, 6.07) is 0. The Hall–Kier alpha value is -0.340. The van der Waals surface area contributed by atoms with Crippen LogP contribution in [0, 0.1) is 56.7 Å². The van der Waals surface area contributed by atoms with Crippen LogP contribution in [-0.2, 0) is 0 Å². The number of aliphatic hydroxyl groups excluding tert-OH is 1. The van der Waals surface area contributed by atoms with Gasteiger partial charge >= 0.3 is 0 Å². The van der Waals surface area contributed by atoms with E-state index in [1.165, 1.54) is 69.8 Å². The van der Waals surface area contributed by atoms with Crippen molar-refractivity contribution < 1.29 is 5.11 Å². The second kappa shape index (κ2) is 7.58. The lowest BCUT2D eigenvalue weighted by molar-refractivity contribution is -0.247. The molecule has 2 heteroatoms. The number of aliphatic hydroxyl groups is 1. The quantitative estimate of drug-likeness (QED) is 0.437. The smallest absolute Gasteiger partial charge is 0.0594 e. The first-order valence-corrected chi connectivity index (χ1v) is 14.4. The summed E-state index contributed by atoms with van der Waals surface area (Å²) in [4.78, 5) is 0. The lowest BCUT2D eigenvalue weighted by Crippen LogP contribution is -2.66. The Morgan fingerprint density at radius 2 is 1.58 bits per heavy atom. The molecular formula is C31H53NO. The molecule has 188 valence electrons. The molecular weight excluding hydrogens is 402 g/mol. The van der Waals surface area contributed by atoms with Gasteiger partial charge < -0.3 is 10.8 Å². The van der Waals surface area contributed by atoms with Gasteiger partial charge in [-0.3, -0.25) is 0 Å². The van der Waals surface area contributed by atoms with Gasteiger partial charge in [0.15, 0.2) is 0 Å². The molecule has 3 N–H and O–H groups in total. The van der Waals surface area contributed by atoms with E-state index in [2.05, 4.69) is 48.1 Å². The topological polar surface area (TPSA) is 46.2 Å². The van der Waals surface area contributed by atoms with Gasteiger partial charge in [0, 0.05) is 0 Å². The van der Waals surface area contributed by atoms with Crippen LogP contribution >= 0.6 is 0 Å². The fourth-order valence-corrected chi connectivity index (χ4v) is 12.0. The fourth-order valence-electron chi connectivity index (χ4n) is 12.0. The molecule has 0 aliphatic heterocycles. The van der Waals surface area contributed by atoms with Crippen molar-refractivity contribution in [1.82, 2.24) is 0 Å². The van der Waals surface area contributed by atoms with E-state index in [-0.39, 0.29) is 11.5 Å². The molecule has 0 aromatic heterocycles. The monoisotopic (exact) mass is 455 g/mol. The highest BCUT2D eigenvalue weighted by atomic mass is 16.3. The Kier molecular flexibility index (Phi) is 5.60. The number of hydrogen-bond donors (Lipinski definition) is 2. The van der Waals surface area contributed by atoms with Crippen LogP contribution in [0.5, 0.6) is 0 Å². The molecule has 0 bridgehead atoms. The van der Waals surface area contributed by atoms with Crippen LogP contribution in [0.4, 0.5) is 0 Å². The van der Waals surface area contributed by atoms with E-state index in [1.807, 2.05) is 0 Å². The highest BCUT2D eigenvalue weighted by Gasteiger charge is 2.70. The minimum Gasteiger partial charge on any atom is -0.393 e. The molecule has 5 unspecified atom stereocenters. The molecule has 0 saturated heterocycles. The van der Waals surface area contributed by atoms with Crippen molar-refractivity contribution in [1.29, 1.82) is 0 Å². The molecule has 0 amide bonds. The van der Waals surface area contributed by atoms with E-state index in [9.17, 15) is 5.11 Å². The Morgan fingerprint density at radius 1 is 0.848 bits per heavy atom. The fraction of sp³-hybridized carbons (Fsp3) is 0.935. The molecule has 5 saturated carbocycles. The van der Waals surface area contributed by atoms with Crippen LogP contribution in [0.15, 0.2) is 12.2 Å². The number of fused-ring (bicyclic) bond motifs is 7. The molecule has 0 aromatic rings. The first-order valence-electron chi connectivity index (χ1n) is 14.4. The second-order valence-corrected chi connectivity index (χ2v) is 15.0. The average Bonchev–Trinajstić information content (AvgIpc) is 3.12. The van der Waals surface area contributed by atoms with Crippen molar-refractivity contribution in [2.45, 2.75) is 118 Å². The van der Waals surface area contributed by atoms with Gasteiger partial charge in [-0.2, -0.15) is 0 Å². The zero-order chi connectivity index (χ0) is 24.0. The molecule has 5 aliphatic carbocycles. The van der Waals surface area contributed by atoms with Crippen molar-refractivity contribution >= 4 is 0 Å². The van der Waals surface area contributed by atoms with E-state index >= 15 is 0 Å². The minimum absolute atomic E-state index is 0.0471. The highest BCUT2D eigenvalue weighted by Crippen LogP contribution is 2.77. The van der Waals surface area contributed by atoms with Crippen LogP contribution in [-0.4, -0.2) is 17.8 Å². The maximum atomic E-state index is 10.9. The first kappa shape index (κ1) is 24.4. The summed E-state index contributed by atoms with van der Waals surface area (Å²) in [5.41, 5.74) is 9.42. The SMILES string of the molecule is C=C(C)C1CC[C@]2(CCN)CC[C@]3(C)C(CCC4[C@@]5(C)CC[C@H](O)C(C)(C)C5CC[C@]43C)C12. The lowest BCUT2D eigenvalue weighted by atomic mass is 9.32. The summed E-state index contributed by atoms with van der Waals surface area (Å²) in [5.74, 6) is 3.78. The average molecular weight is 456 g/mol. The normalized spacial score (nSPS) is 55.2. The molecule has 33 heavy (non-hydrogen) atoms. The summed E-state index contributed by atoms with van der Waals surface area (Å²) in [7, 11) is 0. The number of rotatable bonds is 3. The Balaban J connectivity index is 1.54. The Labute approximate surface area is 204 Å². The Bertz CT molecular complexity index is 803. The van der Waals surface area contributed by atoms with Crippen molar-refractivity contribution in [2.24, 2.45) is 62.4 Å². The molecule has 5 rings (SSSR count). The molecule has 0 heterocycles. The van der Waals surface area contributed by atoms with Gasteiger partial charge in [0.2, 0.25) is 0 Å². The third-order valence-corrected chi connectivity index (χ3v) is 13.9. The minimum atomic E-state index is -0.131. The third-order valence-electron chi connectivity index (χ3n) is 13.9. The molecule has 0 spiro atoms. The summed E-state index contributed by atoms with van der Waals surface area (Å²) in [6.45, 7) is 20.5. The van der Waals surface area contributed by atoms with Crippen LogP contribution in [0.25, 0.3) is 0 Å². The van der Waals surface area contributed by atoms with Gasteiger partial charge in [0.05, 0.1) is 6.10 Å². The van der Waals surface area contributed by atoms with E-state index in [4.69, 9.17) is 5.73 Å². The van der Waals surface area contributed by atoms with Crippen LogP contribution in [0.3, 0.4) is 0 Å². The maximum absolute atomic E-state index is 10.9. The van der Waals surface area contributed by atoms with Gasteiger partial charge in [0.25, 0.3) is 0 Å². The first-order chi connectivity index (χ1) is 15.4. The molecule has 0 radical (unpaired) electrons. The lowest BCUT2D eigenvalue weighted by Gasteiger charge is -2.73.